The number of nitrogens with one attached hydrogen (secondary N) is 2. The van der Waals surface area contributed by atoms with Crippen LogP contribution >= 0.6 is 12.2 Å². The summed E-state index contributed by atoms with van der Waals surface area (Å²) in [4.78, 5) is 22.8. The van der Waals surface area contributed by atoms with Crippen LogP contribution in [0.3, 0.4) is 0 Å². The minimum absolute atomic E-state index is 0.0605. The third-order valence-corrected chi connectivity index (χ3v) is 3.05. The van der Waals surface area contributed by atoms with Crippen molar-refractivity contribution in [2.24, 2.45) is 11.7 Å². The largest absolute Gasteiger partial charge is 0.392 e. The fourth-order valence-corrected chi connectivity index (χ4v) is 2.03. The van der Waals surface area contributed by atoms with Gasteiger partial charge in [0.05, 0.1) is 11.5 Å². The van der Waals surface area contributed by atoms with Gasteiger partial charge in [-0.25, -0.2) is 0 Å². The lowest BCUT2D eigenvalue weighted by molar-refractivity contribution is -0.139. The Morgan fingerprint density at radius 3 is 2.29 bits per heavy atom. The van der Waals surface area contributed by atoms with E-state index in [4.69, 9.17) is 5.73 Å². The van der Waals surface area contributed by atoms with Gasteiger partial charge >= 0.3 is 11.8 Å². The van der Waals surface area contributed by atoms with Crippen LogP contribution in [0.25, 0.3) is 0 Å². The molecule has 96 valence electrons. The second-order valence-electron chi connectivity index (χ2n) is 4.36. The van der Waals surface area contributed by atoms with Crippen molar-refractivity contribution in [3.8, 4) is 0 Å². The maximum atomic E-state index is 11.4. The van der Waals surface area contributed by atoms with E-state index in [0.717, 1.165) is 12.8 Å². The van der Waals surface area contributed by atoms with E-state index in [0.29, 0.717) is 12.5 Å². The molecule has 0 atom stereocenters. The predicted molar refractivity (Wildman–Crippen MR) is 69.4 cm³/mol. The maximum Gasteiger partial charge on any atom is 0.309 e. The van der Waals surface area contributed by atoms with E-state index in [9.17, 15) is 9.59 Å². The summed E-state index contributed by atoms with van der Waals surface area (Å²) in [7, 11) is 0. The van der Waals surface area contributed by atoms with E-state index in [1.807, 2.05) is 0 Å². The summed E-state index contributed by atoms with van der Waals surface area (Å²) in [6.07, 6.45) is 5.98. The monoisotopic (exact) mass is 257 g/mol. The SMILES string of the molecule is NC(=S)CNC(=O)C(=O)NCC1CCCCC1. The highest BCUT2D eigenvalue weighted by Crippen LogP contribution is 2.22. The van der Waals surface area contributed by atoms with Crippen LogP contribution in [0.2, 0.25) is 0 Å². The van der Waals surface area contributed by atoms with Crippen molar-refractivity contribution in [1.29, 1.82) is 0 Å². The highest BCUT2D eigenvalue weighted by Gasteiger charge is 2.17. The molecule has 1 fully saturated rings. The number of nitrogens with two attached hydrogens (primary N) is 1. The molecular weight excluding hydrogens is 238 g/mol. The zero-order valence-corrected chi connectivity index (χ0v) is 10.6. The van der Waals surface area contributed by atoms with Crippen molar-refractivity contribution in [2.45, 2.75) is 32.1 Å². The average molecular weight is 257 g/mol. The van der Waals surface area contributed by atoms with Gasteiger partial charge in [0, 0.05) is 6.54 Å². The zero-order chi connectivity index (χ0) is 12.7. The Balaban J connectivity index is 2.19. The number of rotatable bonds is 4. The Morgan fingerprint density at radius 2 is 1.71 bits per heavy atom. The summed E-state index contributed by atoms with van der Waals surface area (Å²) in [5.41, 5.74) is 5.22. The third-order valence-electron chi connectivity index (χ3n) is 2.91. The summed E-state index contributed by atoms with van der Waals surface area (Å²) >= 11 is 4.60. The minimum atomic E-state index is -0.673. The Morgan fingerprint density at radius 1 is 1.12 bits per heavy atom. The van der Waals surface area contributed by atoms with Gasteiger partial charge in [0.1, 0.15) is 0 Å². The summed E-state index contributed by atoms with van der Waals surface area (Å²) in [5.74, 6) is -0.767. The van der Waals surface area contributed by atoms with Gasteiger partial charge in [-0.2, -0.15) is 0 Å². The van der Waals surface area contributed by atoms with Gasteiger partial charge in [0.15, 0.2) is 0 Å². The van der Waals surface area contributed by atoms with E-state index in [2.05, 4.69) is 22.9 Å². The lowest BCUT2D eigenvalue weighted by atomic mass is 9.89. The molecule has 2 amide bonds. The first-order valence-corrected chi connectivity index (χ1v) is 6.34. The molecule has 0 aromatic carbocycles. The van der Waals surface area contributed by atoms with Gasteiger partial charge in [0.2, 0.25) is 0 Å². The van der Waals surface area contributed by atoms with Crippen molar-refractivity contribution in [3.63, 3.8) is 0 Å². The summed E-state index contributed by atoms with van der Waals surface area (Å²) in [6.45, 7) is 0.643. The molecule has 0 aliphatic heterocycles. The van der Waals surface area contributed by atoms with Gasteiger partial charge < -0.3 is 16.4 Å². The topological polar surface area (TPSA) is 84.2 Å². The Bertz CT molecular complexity index is 301. The van der Waals surface area contributed by atoms with Crippen LogP contribution < -0.4 is 16.4 Å². The average Bonchev–Trinajstić information content (AvgIpc) is 2.34. The van der Waals surface area contributed by atoms with Gasteiger partial charge in [0.25, 0.3) is 0 Å². The molecule has 0 saturated heterocycles. The minimum Gasteiger partial charge on any atom is -0.392 e. The van der Waals surface area contributed by atoms with Crippen molar-refractivity contribution < 1.29 is 9.59 Å². The molecule has 0 radical (unpaired) electrons. The molecule has 5 nitrogen and oxygen atoms in total. The molecule has 1 saturated carbocycles. The molecule has 1 aliphatic rings. The van der Waals surface area contributed by atoms with Gasteiger partial charge in [-0.15, -0.1) is 0 Å². The smallest absolute Gasteiger partial charge is 0.309 e. The lowest BCUT2D eigenvalue weighted by Crippen LogP contribution is -2.44. The molecule has 17 heavy (non-hydrogen) atoms. The first-order valence-electron chi connectivity index (χ1n) is 5.94. The molecule has 0 aromatic rings. The first kappa shape index (κ1) is 13.9. The molecule has 0 unspecified atom stereocenters. The number of hydrogen-bond donors (Lipinski definition) is 3. The van der Waals surface area contributed by atoms with Gasteiger partial charge in [-0.1, -0.05) is 31.5 Å². The second-order valence-corrected chi connectivity index (χ2v) is 4.89. The van der Waals surface area contributed by atoms with Crippen LogP contribution in [0, 0.1) is 5.92 Å². The van der Waals surface area contributed by atoms with E-state index < -0.39 is 11.8 Å². The molecule has 0 heterocycles. The third kappa shape index (κ3) is 5.63. The van der Waals surface area contributed by atoms with Crippen LogP contribution in [0.5, 0.6) is 0 Å². The van der Waals surface area contributed by atoms with Crippen molar-refractivity contribution >= 4 is 29.0 Å². The Labute approximate surface area is 107 Å². The summed E-state index contributed by atoms with van der Waals surface area (Å²) < 4.78 is 0. The lowest BCUT2D eigenvalue weighted by Gasteiger charge is -2.21. The summed E-state index contributed by atoms with van der Waals surface area (Å²) in [6, 6.07) is 0. The van der Waals surface area contributed by atoms with Crippen LogP contribution in [-0.4, -0.2) is 29.9 Å². The van der Waals surface area contributed by atoms with Crippen LogP contribution in [0.4, 0.5) is 0 Å². The highest BCUT2D eigenvalue weighted by molar-refractivity contribution is 7.80. The molecule has 1 aliphatic carbocycles. The zero-order valence-electron chi connectivity index (χ0n) is 9.83. The van der Waals surface area contributed by atoms with Crippen LogP contribution in [0.15, 0.2) is 0 Å². The fourth-order valence-electron chi connectivity index (χ4n) is 1.96. The van der Waals surface area contributed by atoms with Gasteiger partial charge in [-0.3, -0.25) is 9.59 Å². The molecular formula is C11H19N3O2S. The number of carbonyl (C=O) groups is 2. The standard InChI is InChI=1S/C11H19N3O2S/c12-9(17)7-14-11(16)10(15)13-6-8-4-2-1-3-5-8/h8H,1-7H2,(H2,12,17)(H,13,15)(H,14,16). The quantitative estimate of drug-likeness (QED) is 0.492. The molecule has 1 rings (SSSR count). The van der Waals surface area contributed by atoms with E-state index in [1.165, 1.54) is 19.3 Å². The van der Waals surface area contributed by atoms with E-state index in [1.54, 1.807) is 0 Å². The Kier molecular flexibility index (Phi) is 5.90. The van der Waals surface area contributed by atoms with Crippen LogP contribution in [-0.2, 0) is 9.59 Å². The highest BCUT2D eigenvalue weighted by atomic mass is 32.1. The summed E-state index contributed by atoms with van der Waals surface area (Å²) in [5, 5.41) is 4.99. The predicted octanol–water partition coefficient (Wildman–Crippen LogP) is 0.0852. The van der Waals surface area contributed by atoms with Crippen LogP contribution in [0.1, 0.15) is 32.1 Å². The molecule has 4 N–H and O–H groups in total. The van der Waals surface area contributed by atoms with Crippen molar-refractivity contribution in [2.75, 3.05) is 13.1 Å². The molecule has 0 bridgehead atoms. The number of thiocarbonyl (C=S) groups is 1. The number of amides is 2. The second kappa shape index (κ2) is 7.21. The molecule has 0 aromatic heterocycles. The number of hydrogen-bond acceptors (Lipinski definition) is 3. The van der Waals surface area contributed by atoms with Gasteiger partial charge in [-0.05, 0) is 18.8 Å². The van der Waals surface area contributed by atoms with E-state index in [-0.39, 0.29) is 11.5 Å². The normalized spacial score (nSPS) is 16.2. The molecule has 0 spiro atoms. The number of carbonyl (C=O) groups excluding carboxylic acids is 2. The van der Waals surface area contributed by atoms with Crippen molar-refractivity contribution in [3.05, 3.63) is 0 Å². The fraction of sp³-hybridized carbons (Fsp3) is 0.727. The first-order chi connectivity index (χ1) is 8.09. The van der Waals surface area contributed by atoms with E-state index >= 15 is 0 Å². The molecule has 6 heteroatoms. The van der Waals surface area contributed by atoms with Crippen molar-refractivity contribution in [1.82, 2.24) is 10.6 Å². The maximum absolute atomic E-state index is 11.4. The Hall–Kier alpha value is -1.17.